The van der Waals surface area contributed by atoms with Crippen LogP contribution in [0.15, 0.2) is 24.3 Å². The third-order valence-electron chi connectivity index (χ3n) is 5.36. The molecule has 0 radical (unpaired) electrons. The second-order valence-electron chi connectivity index (χ2n) is 7.15. The highest BCUT2D eigenvalue weighted by Crippen LogP contribution is 2.28. The zero-order chi connectivity index (χ0) is 19.3. The molecule has 1 amide bonds. The standard InChI is InChI=1S/C20H27N5O3/c1-2-27-16-3-5-17(6-4-16)28-14-19(26)24-10-7-15(8-11-24)20-23-22-18-13-21-9-12-25(18)20/h3-6,15,21H,2,7-14H2,1H3. The number of hydrogen-bond donors (Lipinski definition) is 1. The van der Waals surface area contributed by atoms with E-state index >= 15 is 0 Å². The number of amides is 1. The Balaban J connectivity index is 1.26. The van der Waals surface area contributed by atoms with Crippen LogP contribution in [0, 0.1) is 0 Å². The molecule has 0 saturated carbocycles. The van der Waals surface area contributed by atoms with Crippen LogP contribution in [-0.4, -0.2) is 58.4 Å². The van der Waals surface area contributed by atoms with E-state index < -0.39 is 0 Å². The molecule has 4 rings (SSSR count). The molecule has 0 bridgehead atoms. The van der Waals surface area contributed by atoms with Crippen molar-refractivity contribution in [2.45, 2.75) is 38.8 Å². The van der Waals surface area contributed by atoms with Crippen molar-refractivity contribution in [2.75, 3.05) is 32.8 Å². The van der Waals surface area contributed by atoms with Crippen molar-refractivity contribution in [3.63, 3.8) is 0 Å². The number of ether oxygens (including phenoxy) is 2. The lowest BCUT2D eigenvalue weighted by atomic mass is 9.95. The number of carbonyl (C=O) groups excluding carboxylic acids is 1. The third-order valence-corrected chi connectivity index (χ3v) is 5.36. The topological polar surface area (TPSA) is 81.5 Å². The number of rotatable bonds is 6. The van der Waals surface area contributed by atoms with Crippen molar-refractivity contribution in [2.24, 2.45) is 0 Å². The molecule has 1 fully saturated rings. The summed E-state index contributed by atoms with van der Waals surface area (Å²) >= 11 is 0. The predicted octanol–water partition coefficient (Wildman–Crippen LogP) is 1.56. The molecular formula is C20H27N5O3. The first-order valence-corrected chi connectivity index (χ1v) is 10.0. The molecule has 0 unspecified atom stereocenters. The molecule has 0 spiro atoms. The Hall–Kier alpha value is -2.61. The SMILES string of the molecule is CCOc1ccc(OCC(=O)N2CCC(c3nnc4n3CCNC4)CC2)cc1. The Morgan fingerprint density at radius 1 is 1.11 bits per heavy atom. The molecule has 1 aromatic carbocycles. The summed E-state index contributed by atoms with van der Waals surface area (Å²) in [5.74, 6) is 3.97. The van der Waals surface area contributed by atoms with Crippen LogP contribution in [0.3, 0.4) is 0 Å². The number of piperidine rings is 1. The van der Waals surface area contributed by atoms with Gasteiger partial charge < -0.3 is 24.3 Å². The molecule has 1 aromatic heterocycles. The predicted molar refractivity (Wildman–Crippen MR) is 103 cm³/mol. The van der Waals surface area contributed by atoms with E-state index in [1.165, 1.54) is 0 Å². The maximum atomic E-state index is 12.5. The smallest absolute Gasteiger partial charge is 0.260 e. The Bertz CT molecular complexity index is 797. The van der Waals surface area contributed by atoms with Crippen LogP contribution in [0.4, 0.5) is 0 Å². The normalized spacial score (nSPS) is 17.2. The molecular weight excluding hydrogens is 358 g/mol. The minimum absolute atomic E-state index is 0.0276. The molecule has 150 valence electrons. The van der Waals surface area contributed by atoms with Gasteiger partial charge in [0.15, 0.2) is 6.61 Å². The van der Waals surface area contributed by atoms with Crippen molar-refractivity contribution in [3.8, 4) is 11.5 Å². The average Bonchev–Trinajstić information content (AvgIpc) is 3.17. The quantitative estimate of drug-likeness (QED) is 0.813. The number of nitrogens with zero attached hydrogens (tertiary/aromatic N) is 4. The van der Waals surface area contributed by atoms with Crippen LogP contribution in [0.1, 0.15) is 37.3 Å². The minimum atomic E-state index is 0.0276. The van der Waals surface area contributed by atoms with Gasteiger partial charge in [-0.25, -0.2) is 0 Å². The summed E-state index contributed by atoms with van der Waals surface area (Å²) in [6, 6.07) is 7.36. The van der Waals surface area contributed by atoms with E-state index in [1.807, 2.05) is 36.1 Å². The molecule has 28 heavy (non-hydrogen) atoms. The van der Waals surface area contributed by atoms with Crippen LogP contribution >= 0.6 is 0 Å². The van der Waals surface area contributed by atoms with Crippen molar-refractivity contribution in [3.05, 3.63) is 35.9 Å². The van der Waals surface area contributed by atoms with E-state index in [9.17, 15) is 4.79 Å². The highest BCUT2D eigenvalue weighted by molar-refractivity contribution is 5.77. The van der Waals surface area contributed by atoms with Gasteiger partial charge in [0, 0.05) is 32.1 Å². The highest BCUT2D eigenvalue weighted by Gasteiger charge is 2.28. The monoisotopic (exact) mass is 385 g/mol. The molecule has 3 heterocycles. The lowest BCUT2D eigenvalue weighted by Gasteiger charge is -2.32. The molecule has 2 aromatic rings. The third kappa shape index (κ3) is 4.11. The van der Waals surface area contributed by atoms with Crippen LogP contribution in [0.5, 0.6) is 11.5 Å². The summed E-state index contributed by atoms with van der Waals surface area (Å²) < 4.78 is 13.3. The highest BCUT2D eigenvalue weighted by atomic mass is 16.5. The van der Waals surface area contributed by atoms with Gasteiger partial charge in [0.1, 0.15) is 23.1 Å². The van der Waals surface area contributed by atoms with E-state index in [1.54, 1.807) is 0 Å². The van der Waals surface area contributed by atoms with Crippen molar-refractivity contribution >= 4 is 5.91 Å². The maximum absolute atomic E-state index is 12.5. The van der Waals surface area contributed by atoms with Gasteiger partial charge >= 0.3 is 0 Å². The number of carbonyl (C=O) groups is 1. The van der Waals surface area contributed by atoms with E-state index in [-0.39, 0.29) is 12.5 Å². The fraction of sp³-hybridized carbons (Fsp3) is 0.550. The fourth-order valence-corrected chi connectivity index (χ4v) is 3.84. The zero-order valence-corrected chi connectivity index (χ0v) is 16.3. The van der Waals surface area contributed by atoms with Crippen LogP contribution in [0.25, 0.3) is 0 Å². The van der Waals surface area contributed by atoms with Crippen molar-refractivity contribution in [1.29, 1.82) is 0 Å². The van der Waals surface area contributed by atoms with E-state index in [4.69, 9.17) is 9.47 Å². The second-order valence-corrected chi connectivity index (χ2v) is 7.15. The molecule has 2 aliphatic rings. The molecule has 0 atom stereocenters. The van der Waals surface area contributed by atoms with Gasteiger partial charge in [0.25, 0.3) is 5.91 Å². The summed E-state index contributed by atoms with van der Waals surface area (Å²) in [4.78, 5) is 14.4. The lowest BCUT2D eigenvalue weighted by Crippen LogP contribution is -2.41. The van der Waals surface area contributed by atoms with Gasteiger partial charge in [0.05, 0.1) is 13.2 Å². The number of hydrogen-bond acceptors (Lipinski definition) is 6. The van der Waals surface area contributed by atoms with Gasteiger partial charge in [-0.3, -0.25) is 4.79 Å². The minimum Gasteiger partial charge on any atom is -0.494 e. The van der Waals surface area contributed by atoms with E-state index in [2.05, 4.69) is 20.1 Å². The van der Waals surface area contributed by atoms with Gasteiger partial charge in [0.2, 0.25) is 0 Å². The summed E-state index contributed by atoms with van der Waals surface area (Å²) in [5.41, 5.74) is 0. The van der Waals surface area contributed by atoms with Crippen molar-refractivity contribution < 1.29 is 14.3 Å². The molecule has 8 nitrogen and oxygen atoms in total. The van der Waals surface area contributed by atoms with Crippen LogP contribution in [0.2, 0.25) is 0 Å². The summed E-state index contributed by atoms with van der Waals surface area (Å²) in [6.07, 6.45) is 1.83. The van der Waals surface area contributed by atoms with Gasteiger partial charge in [-0.2, -0.15) is 0 Å². The molecule has 1 N–H and O–H groups in total. The Kier molecular flexibility index (Phi) is 5.76. The van der Waals surface area contributed by atoms with E-state index in [0.717, 1.165) is 63.0 Å². The van der Waals surface area contributed by atoms with Gasteiger partial charge in [-0.1, -0.05) is 0 Å². The first-order chi connectivity index (χ1) is 13.7. The molecule has 0 aliphatic carbocycles. The number of likely N-dealkylation sites (tertiary alicyclic amines) is 1. The zero-order valence-electron chi connectivity index (χ0n) is 16.3. The Labute approximate surface area is 164 Å². The molecule has 2 aliphatic heterocycles. The fourth-order valence-electron chi connectivity index (χ4n) is 3.84. The Morgan fingerprint density at radius 2 is 1.82 bits per heavy atom. The summed E-state index contributed by atoms with van der Waals surface area (Å²) in [6.45, 7) is 6.76. The van der Waals surface area contributed by atoms with Crippen molar-refractivity contribution in [1.82, 2.24) is 25.0 Å². The van der Waals surface area contributed by atoms with E-state index in [0.29, 0.717) is 18.3 Å². The van der Waals surface area contributed by atoms with Crippen LogP contribution < -0.4 is 14.8 Å². The number of nitrogens with one attached hydrogen (secondary N) is 1. The molecule has 1 saturated heterocycles. The van der Waals surface area contributed by atoms with Crippen LogP contribution in [-0.2, 0) is 17.9 Å². The number of benzene rings is 1. The van der Waals surface area contributed by atoms with Gasteiger partial charge in [-0.15, -0.1) is 10.2 Å². The second kappa shape index (κ2) is 8.60. The first-order valence-electron chi connectivity index (χ1n) is 10.0. The average molecular weight is 385 g/mol. The lowest BCUT2D eigenvalue weighted by molar-refractivity contribution is -0.134. The van der Waals surface area contributed by atoms with Gasteiger partial charge in [-0.05, 0) is 44.0 Å². The largest absolute Gasteiger partial charge is 0.494 e. The maximum Gasteiger partial charge on any atom is 0.260 e. The Morgan fingerprint density at radius 3 is 2.54 bits per heavy atom. The summed E-state index contributed by atoms with van der Waals surface area (Å²) in [5, 5.41) is 12.0. The molecule has 8 heteroatoms. The number of aromatic nitrogens is 3. The first kappa shape index (κ1) is 18.7. The number of fused-ring (bicyclic) bond motifs is 1. The summed E-state index contributed by atoms with van der Waals surface area (Å²) in [7, 11) is 0.